The third-order valence-electron chi connectivity index (χ3n) is 3.27. The lowest BCUT2D eigenvalue weighted by Crippen LogP contribution is -2.05. The van der Waals surface area contributed by atoms with Crippen LogP contribution in [0.4, 0.5) is 28.7 Å². The summed E-state index contributed by atoms with van der Waals surface area (Å²) in [6.45, 7) is 2.03. The number of nitrogen functional groups attached to an aromatic ring is 1. The molecule has 5 nitrogen and oxygen atoms in total. The maximum absolute atomic E-state index is 6.17. The second-order valence-electron chi connectivity index (χ2n) is 5.11. The molecule has 0 saturated carbocycles. The van der Waals surface area contributed by atoms with Crippen molar-refractivity contribution in [1.29, 1.82) is 0 Å². The highest BCUT2D eigenvalue weighted by atomic mass is 35.5. The molecule has 0 bridgehead atoms. The molecule has 0 fully saturated rings. The molecule has 0 aliphatic rings. The zero-order valence-corrected chi connectivity index (χ0v) is 13.3. The van der Waals surface area contributed by atoms with E-state index in [0.717, 1.165) is 16.9 Å². The van der Waals surface area contributed by atoms with Gasteiger partial charge in [-0.05, 0) is 48.9 Å². The van der Waals surface area contributed by atoms with Crippen molar-refractivity contribution in [3.8, 4) is 0 Å². The Labute approximate surface area is 139 Å². The van der Waals surface area contributed by atoms with Gasteiger partial charge in [-0.3, -0.25) is 0 Å². The van der Waals surface area contributed by atoms with E-state index < -0.39 is 0 Å². The van der Waals surface area contributed by atoms with E-state index in [4.69, 9.17) is 17.3 Å². The zero-order valence-electron chi connectivity index (χ0n) is 12.5. The fourth-order valence-electron chi connectivity index (χ4n) is 2.12. The number of hydrogen-bond acceptors (Lipinski definition) is 5. The molecule has 6 heteroatoms. The number of nitrogens with two attached hydrogens (primary N) is 1. The van der Waals surface area contributed by atoms with Crippen molar-refractivity contribution < 1.29 is 0 Å². The molecule has 4 N–H and O–H groups in total. The van der Waals surface area contributed by atoms with E-state index in [1.165, 1.54) is 6.33 Å². The highest BCUT2D eigenvalue weighted by Gasteiger charge is 2.09. The van der Waals surface area contributed by atoms with Crippen LogP contribution in [0.25, 0.3) is 0 Å². The van der Waals surface area contributed by atoms with Gasteiger partial charge < -0.3 is 16.4 Å². The van der Waals surface area contributed by atoms with Crippen molar-refractivity contribution in [3.63, 3.8) is 0 Å². The van der Waals surface area contributed by atoms with Crippen LogP contribution in [0.1, 0.15) is 5.56 Å². The Bertz CT molecular complexity index is 817. The number of rotatable bonds is 4. The predicted molar refractivity (Wildman–Crippen MR) is 95.6 cm³/mol. The minimum Gasteiger partial charge on any atom is -0.393 e. The van der Waals surface area contributed by atoms with E-state index in [0.29, 0.717) is 22.3 Å². The quantitative estimate of drug-likeness (QED) is 0.658. The van der Waals surface area contributed by atoms with Crippen LogP contribution < -0.4 is 16.4 Å². The maximum Gasteiger partial charge on any atom is 0.159 e. The number of hydrogen-bond donors (Lipinski definition) is 3. The Morgan fingerprint density at radius 1 is 0.913 bits per heavy atom. The van der Waals surface area contributed by atoms with Gasteiger partial charge in [-0.15, -0.1) is 0 Å². The molecule has 1 heterocycles. The van der Waals surface area contributed by atoms with E-state index in [-0.39, 0.29) is 0 Å². The van der Waals surface area contributed by atoms with Crippen LogP contribution in [0.5, 0.6) is 0 Å². The third kappa shape index (κ3) is 3.70. The second-order valence-corrected chi connectivity index (χ2v) is 5.55. The van der Waals surface area contributed by atoms with Gasteiger partial charge in [0.15, 0.2) is 11.6 Å². The second kappa shape index (κ2) is 6.54. The molecule has 3 rings (SSSR count). The van der Waals surface area contributed by atoms with Gasteiger partial charge in [0.25, 0.3) is 0 Å². The van der Waals surface area contributed by atoms with Gasteiger partial charge in [0, 0.05) is 16.4 Å². The summed E-state index contributed by atoms with van der Waals surface area (Å²) in [4.78, 5) is 8.41. The topological polar surface area (TPSA) is 75.9 Å². The van der Waals surface area contributed by atoms with Crippen LogP contribution in [0.3, 0.4) is 0 Å². The monoisotopic (exact) mass is 325 g/mol. The Morgan fingerprint density at radius 3 is 2.22 bits per heavy atom. The molecule has 3 aromatic rings. The van der Waals surface area contributed by atoms with E-state index >= 15 is 0 Å². The molecule has 23 heavy (non-hydrogen) atoms. The van der Waals surface area contributed by atoms with Gasteiger partial charge in [0.05, 0.1) is 0 Å². The molecule has 0 radical (unpaired) electrons. The first-order chi connectivity index (χ1) is 11.1. The molecule has 0 unspecified atom stereocenters. The average molecular weight is 326 g/mol. The summed E-state index contributed by atoms with van der Waals surface area (Å²) in [5.74, 6) is 1.10. The van der Waals surface area contributed by atoms with Crippen molar-refractivity contribution >= 4 is 40.3 Å². The average Bonchev–Trinajstić information content (AvgIpc) is 2.53. The van der Waals surface area contributed by atoms with Crippen LogP contribution in [0.15, 0.2) is 54.9 Å². The highest BCUT2D eigenvalue weighted by molar-refractivity contribution is 6.30. The minimum absolute atomic E-state index is 0.448. The van der Waals surface area contributed by atoms with Crippen LogP contribution >= 0.6 is 11.6 Å². The Kier molecular flexibility index (Phi) is 4.30. The Balaban J connectivity index is 1.84. The molecule has 0 amide bonds. The van der Waals surface area contributed by atoms with Crippen molar-refractivity contribution in [3.05, 3.63) is 65.4 Å². The van der Waals surface area contributed by atoms with Crippen LogP contribution in [-0.4, -0.2) is 9.97 Å². The van der Waals surface area contributed by atoms with E-state index in [2.05, 4.69) is 20.6 Å². The SMILES string of the molecule is Cc1cccc(Nc2ncnc(Nc3ccc(Cl)cc3)c2N)c1. The molecule has 2 aromatic carbocycles. The van der Waals surface area contributed by atoms with Crippen molar-refractivity contribution in [2.75, 3.05) is 16.4 Å². The van der Waals surface area contributed by atoms with E-state index in [1.807, 2.05) is 43.3 Å². The van der Waals surface area contributed by atoms with Crippen molar-refractivity contribution in [2.45, 2.75) is 6.92 Å². The summed E-state index contributed by atoms with van der Waals surface area (Å²) in [6, 6.07) is 15.3. The zero-order chi connectivity index (χ0) is 16.2. The first-order valence-corrected chi connectivity index (χ1v) is 7.46. The largest absolute Gasteiger partial charge is 0.393 e. The van der Waals surface area contributed by atoms with Gasteiger partial charge in [-0.2, -0.15) is 0 Å². The van der Waals surface area contributed by atoms with Gasteiger partial charge >= 0.3 is 0 Å². The van der Waals surface area contributed by atoms with Gasteiger partial charge in [-0.1, -0.05) is 23.7 Å². The standard InChI is InChI=1S/C17H16ClN5/c1-11-3-2-4-14(9-11)23-17-15(19)16(20-10-21-17)22-13-7-5-12(18)6-8-13/h2-10H,19H2,1H3,(H2,20,21,22,23). The highest BCUT2D eigenvalue weighted by Crippen LogP contribution is 2.28. The fraction of sp³-hybridized carbons (Fsp3) is 0.0588. The first kappa shape index (κ1) is 15.1. The summed E-state index contributed by atoms with van der Waals surface area (Å²) >= 11 is 5.89. The molecule has 116 valence electrons. The lowest BCUT2D eigenvalue weighted by Gasteiger charge is -2.13. The molecular weight excluding hydrogens is 310 g/mol. The molecule has 0 aliphatic heterocycles. The van der Waals surface area contributed by atoms with Crippen molar-refractivity contribution in [2.24, 2.45) is 0 Å². The number of benzene rings is 2. The lowest BCUT2D eigenvalue weighted by molar-refractivity contribution is 1.17. The third-order valence-corrected chi connectivity index (χ3v) is 3.52. The van der Waals surface area contributed by atoms with Crippen LogP contribution in [-0.2, 0) is 0 Å². The maximum atomic E-state index is 6.17. The summed E-state index contributed by atoms with van der Waals surface area (Å²) in [7, 11) is 0. The smallest absolute Gasteiger partial charge is 0.159 e. The Hall–Kier alpha value is -2.79. The fourth-order valence-corrected chi connectivity index (χ4v) is 2.25. The number of nitrogens with zero attached hydrogens (tertiary/aromatic N) is 2. The van der Waals surface area contributed by atoms with Gasteiger partial charge in [0.2, 0.25) is 0 Å². The lowest BCUT2D eigenvalue weighted by atomic mass is 10.2. The number of halogens is 1. The van der Waals surface area contributed by atoms with Gasteiger partial charge in [-0.25, -0.2) is 9.97 Å². The van der Waals surface area contributed by atoms with E-state index in [1.54, 1.807) is 12.1 Å². The number of aryl methyl sites for hydroxylation is 1. The molecule has 0 spiro atoms. The minimum atomic E-state index is 0.448. The molecule has 0 saturated heterocycles. The number of nitrogens with one attached hydrogen (secondary N) is 2. The molecule has 0 aliphatic carbocycles. The van der Waals surface area contributed by atoms with Crippen LogP contribution in [0.2, 0.25) is 5.02 Å². The summed E-state index contributed by atoms with van der Waals surface area (Å²) < 4.78 is 0. The predicted octanol–water partition coefficient (Wildman–Crippen LogP) is 4.51. The van der Waals surface area contributed by atoms with Crippen molar-refractivity contribution in [1.82, 2.24) is 9.97 Å². The number of anilines is 5. The normalized spacial score (nSPS) is 10.3. The first-order valence-electron chi connectivity index (χ1n) is 7.08. The van der Waals surface area contributed by atoms with Gasteiger partial charge in [0.1, 0.15) is 12.0 Å². The molecule has 1 aromatic heterocycles. The van der Waals surface area contributed by atoms with Crippen LogP contribution in [0, 0.1) is 6.92 Å². The molecule has 0 atom stereocenters. The molecular formula is C17H16ClN5. The summed E-state index contributed by atoms with van der Waals surface area (Å²) in [5.41, 5.74) is 9.55. The van der Waals surface area contributed by atoms with E-state index in [9.17, 15) is 0 Å². The number of aromatic nitrogens is 2. The summed E-state index contributed by atoms with van der Waals surface area (Å²) in [5, 5.41) is 7.05. The summed E-state index contributed by atoms with van der Waals surface area (Å²) in [6.07, 6.45) is 1.47. The Morgan fingerprint density at radius 2 is 1.57 bits per heavy atom.